The van der Waals surface area contributed by atoms with Crippen molar-refractivity contribution in [3.63, 3.8) is 0 Å². The summed E-state index contributed by atoms with van der Waals surface area (Å²) in [6.07, 6.45) is 3.09. The van der Waals surface area contributed by atoms with Gasteiger partial charge in [0, 0.05) is 10.3 Å². The van der Waals surface area contributed by atoms with Crippen molar-refractivity contribution < 1.29 is 19.1 Å². The molecule has 3 atom stereocenters. The number of furan rings is 1. The molecule has 2 aliphatic rings. The average molecular weight is 267 g/mol. The number of fused-ring (bicyclic) bond motifs is 1. The molecule has 2 aliphatic heterocycles. The van der Waals surface area contributed by atoms with E-state index in [0.717, 1.165) is 5.56 Å². The number of carboxylic acids is 1. The minimum Gasteiger partial charge on any atom is -0.480 e. The van der Waals surface area contributed by atoms with E-state index in [4.69, 9.17) is 4.42 Å². The molecule has 2 saturated heterocycles. The van der Waals surface area contributed by atoms with Crippen molar-refractivity contribution >= 4 is 23.6 Å². The molecule has 1 aromatic heterocycles. The molecule has 0 aliphatic carbocycles. The third-order valence-electron chi connectivity index (χ3n) is 3.58. The first-order valence-corrected chi connectivity index (χ1v) is 6.56. The van der Waals surface area contributed by atoms with Gasteiger partial charge in [-0.25, -0.2) is 4.79 Å². The fraction of sp³-hybridized carbons (Fsp3) is 0.500. The van der Waals surface area contributed by atoms with Crippen molar-refractivity contribution in [3.8, 4) is 0 Å². The lowest BCUT2D eigenvalue weighted by Gasteiger charge is -2.43. The molecule has 0 spiro atoms. The van der Waals surface area contributed by atoms with Crippen molar-refractivity contribution in [2.24, 2.45) is 0 Å². The van der Waals surface area contributed by atoms with Gasteiger partial charge in [-0.3, -0.25) is 4.79 Å². The van der Waals surface area contributed by atoms with Crippen LogP contribution in [-0.2, 0) is 9.59 Å². The number of rotatable bonds is 2. The Morgan fingerprint density at radius 3 is 2.83 bits per heavy atom. The predicted octanol–water partition coefficient (Wildman–Crippen LogP) is 1.51. The molecule has 5 nitrogen and oxygen atoms in total. The van der Waals surface area contributed by atoms with Gasteiger partial charge in [0.2, 0.25) is 5.91 Å². The molecule has 1 amide bonds. The quantitative estimate of drug-likeness (QED) is 0.822. The second-order valence-corrected chi connectivity index (χ2v) is 6.90. The summed E-state index contributed by atoms with van der Waals surface area (Å²) in [6.45, 7) is 3.74. The van der Waals surface area contributed by atoms with Crippen LogP contribution in [0.5, 0.6) is 0 Å². The summed E-state index contributed by atoms with van der Waals surface area (Å²) in [4.78, 5) is 25.0. The molecule has 96 valence electrons. The first kappa shape index (κ1) is 11.6. The van der Waals surface area contributed by atoms with Gasteiger partial charge in [0.1, 0.15) is 6.04 Å². The second-order valence-electron chi connectivity index (χ2n) is 5.13. The Hall–Kier alpha value is -1.43. The molecule has 1 aromatic rings. The van der Waals surface area contributed by atoms with Crippen LogP contribution < -0.4 is 0 Å². The van der Waals surface area contributed by atoms with Crippen molar-refractivity contribution in [1.29, 1.82) is 0 Å². The molecule has 2 fully saturated rings. The fourth-order valence-corrected chi connectivity index (χ4v) is 4.49. The van der Waals surface area contributed by atoms with Gasteiger partial charge in [-0.2, -0.15) is 0 Å². The van der Waals surface area contributed by atoms with E-state index in [1.165, 1.54) is 11.2 Å². The predicted molar refractivity (Wildman–Crippen MR) is 65.2 cm³/mol. The van der Waals surface area contributed by atoms with Gasteiger partial charge in [-0.05, 0) is 19.9 Å². The van der Waals surface area contributed by atoms with Crippen molar-refractivity contribution in [2.75, 3.05) is 0 Å². The highest BCUT2D eigenvalue weighted by Gasteiger charge is 2.64. The number of carbonyl (C=O) groups excluding carboxylic acids is 1. The lowest BCUT2D eigenvalue weighted by Crippen LogP contribution is -2.61. The number of carbonyl (C=O) groups is 2. The summed E-state index contributed by atoms with van der Waals surface area (Å²) in [7, 11) is 0. The van der Waals surface area contributed by atoms with Gasteiger partial charge in [0.25, 0.3) is 0 Å². The molecule has 3 heterocycles. The van der Waals surface area contributed by atoms with Gasteiger partial charge in [0.15, 0.2) is 0 Å². The van der Waals surface area contributed by atoms with Crippen LogP contribution in [0.3, 0.4) is 0 Å². The van der Waals surface area contributed by atoms with Crippen molar-refractivity contribution in [2.45, 2.75) is 35.9 Å². The fourth-order valence-electron chi connectivity index (χ4n) is 2.77. The first-order chi connectivity index (χ1) is 8.43. The van der Waals surface area contributed by atoms with Crippen LogP contribution >= 0.6 is 11.8 Å². The summed E-state index contributed by atoms with van der Waals surface area (Å²) in [6, 6.07) is 1.02. The Morgan fingerprint density at radius 2 is 2.28 bits per heavy atom. The van der Waals surface area contributed by atoms with E-state index in [2.05, 4.69) is 0 Å². The van der Waals surface area contributed by atoms with E-state index in [9.17, 15) is 14.7 Å². The molecule has 0 saturated carbocycles. The number of nitrogens with zero attached hydrogens (tertiary/aromatic N) is 1. The summed E-state index contributed by atoms with van der Waals surface area (Å²) in [5.74, 6) is -1.32. The summed E-state index contributed by atoms with van der Waals surface area (Å²) < 4.78 is 4.53. The minimum atomic E-state index is -0.936. The minimum absolute atomic E-state index is 0.0915. The van der Waals surface area contributed by atoms with Gasteiger partial charge in [0.05, 0.1) is 23.8 Å². The van der Waals surface area contributed by atoms with E-state index < -0.39 is 16.8 Å². The molecule has 18 heavy (non-hydrogen) atoms. The Morgan fingerprint density at radius 1 is 1.56 bits per heavy atom. The van der Waals surface area contributed by atoms with Crippen molar-refractivity contribution in [3.05, 3.63) is 24.2 Å². The molecule has 0 unspecified atom stereocenters. The second kappa shape index (κ2) is 3.54. The van der Waals surface area contributed by atoms with Gasteiger partial charge < -0.3 is 14.4 Å². The number of aliphatic carboxylic acids is 1. The van der Waals surface area contributed by atoms with E-state index in [-0.39, 0.29) is 17.2 Å². The third-order valence-corrected chi connectivity index (χ3v) is 5.15. The molecule has 0 bridgehead atoms. The van der Waals surface area contributed by atoms with Crippen LogP contribution in [0, 0.1) is 0 Å². The Kier molecular flexibility index (Phi) is 2.29. The van der Waals surface area contributed by atoms with Gasteiger partial charge in [-0.15, -0.1) is 11.8 Å². The number of amides is 1. The monoisotopic (exact) mass is 267 g/mol. The zero-order chi connectivity index (χ0) is 13.1. The van der Waals surface area contributed by atoms with Gasteiger partial charge in [-0.1, -0.05) is 0 Å². The lowest BCUT2D eigenvalue weighted by atomic mass is 9.88. The zero-order valence-corrected chi connectivity index (χ0v) is 10.8. The average Bonchev–Trinajstić information content (AvgIpc) is 2.84. The SMILES string of the molecule is CC1(C)S[C@@H]2[C@H](c3ccoc3)C(=O)N2[C@H]1C(=O)O. The van der Waals surface area contributed by atoms with E-state index in [0.29, 0.717) is 0 Å². The Balaban J connectivity index is 1.93. The maximum absolute atomic E-state index is 12.2. The van der Waals surface area contributed by atoms with Crippen molar-refractivity contribution in [1.82, 2.24) is 4.90 Å². The third kappa shape index (κ3) is 1.35. The van der Waals surface area contributed by atoms with Crippen LogP contribution in [-0.4, -0.2) is 38.0 Å². The molecule has 0 aromatic carbocycles. The topological polar surface area (TPSA) is 70.8 Å². The maximum atomic E-state index is 12.2. The summed E-state index contributed by atoms with van der Waals surface area (Å²) in [5, 5.41) is 9.19. The molecule has 0 radical (unpaired) electrons. The number of thioether (sulfide) groups is 1. The van der Waals surface area contributed by atoms with Crippen LogP contribution in [0.1, 0.15) is 25.3 Å². The standard InChI is InChI=1S/C12H13NO4S/c1-12(2)8(11(15)16)13-9(14)7(10(13)18-12)6-3-4-17-5-6/h3-5,7-8,10H,1-2H3,(H,15,16)/t7-,8+,10-/m1/s1. The van der Waals surface area contributed by atoms with Crippen LogP contribution in [0.15, 0.2) is 23.0 Å². The maximum Gasteiger partial charge on any atom is 0.327 e. The highest BCUT2D eigenvalue weighted by atomic mass is 32.2. The van der Waals surface area contributed by atoms with E-state index >= 15 is 0 Å². The summed E-state index contributed by atoms with van der Waals surface area (Å²) >= 11 is 1.55. The first-order valence-electron chi connectivity index (χ1n) is 5.68. The summed E-state index contributed by atoms with van der Waals surface area (Å²) in [5.41, 5.74) is 0.829. The number of hydrogen-bond acceptors (Lipinski definition) is 4. The zero-order valence-electron chi connectivity index (χ0n) is 9.99. The lowest BCUT2D eigenvalue weighted by molar-refractivity contribution is -0.159. The molecular weight excluding hydrogens is 254 g/mol. The molecular formula is C12H13NO4S. The largest absolute Gasteiger partial charge is 0.480 e. The smallest absolute Gasteiger partial charge is 0.327 e. The van der Waals surface area contributed by atoms with Crippen LogP contribution in [0.4, 0.5) is 0 Å². The van der Waals surface area contributed by atoms with Crippen LogP contribution in [0.2, 0.25) is 0 Å². The van der Waals surface area contributed by atoms with Crippen LogP contribution in [0.25, 0.3) is 0 Å². The van der Waals surface area contributed by atoms with Gasteiger partial charge >= 0.3 is 5.97 Å². The molecule has 3 rings (SSSR count). The number of carboxylic acid groups (broad SMARTS) is 1. The van der Waals surface area contributed by atoms with E-state index in [1.807, 2.05) is 13.8 Å². The Bertz CT molecular complexity index is 510. The Labute approximate surface area is 108 Å². The highest BCUT2D eigenvalue weighted by Crippen LogP contribution is 2.56. The number of β-lactam (4-membered cyclic amide) rings is 1. The number of hydrogen-bond donors (Lipinski definition) is 1. The highest BCUT2D eigenvalue weighted by molar-refractivity contribution is 8.01. The molecule has 1 N–H and O–H groups in total. The van der Waals surface area contributed by atoms with E-state index in [1.54, 1.807) is 24.1 Å². The normalized spacial score (nSPS) is 33.1. The molecule has 6 heteroatoms.